The standard InChI is InChI=1S/C10H13NO6/c1-15-9(14)7-6-8(13)11-3-4(12)2-5(11)10(16-6)17-7/h4-7,10,12H,2-3H2,1H3/t4-,5-,6-,7-,10+/m1/s1. The molecule has 3 aliphatic heterocycles. The van der Waals surface area contributed by atoms with Gasteiger partial charge in [-0.25, -0.2) is 4.79 Å². The highest BCUT2D eigenvalue weighted by atomic mass is 16.7. The molecule has 0 unspecified atom stereocenters. The van der Waals surface area contributed by atoms with Crippen molar-refractivity contribution in [2.75, 3.05) is 13.7 Å². The fraction of sp³-hybridized carbons (Fsp3) is 0.800. The normalized spacial score (nSPS) is 43.8. The van der Waals surface area contributed by atoms with Crippen LogP contribution in [0.15, 0.2) is 0 Å². The Bertz CT molecular complexity index is 372. The van der Waals surface area contributed by atoms with Crippen molar-refractivity contribution in [2.24, 2.45) is 0 Å². The van der Waals surface area contributed by atoms with Crippen LogP contribution < -0.4 is 0 Å². The zero-order valence-electron chi connectivity index (χ0n) is 9.24. The number of aliphatic hydroxyl groups is 1. The number of aliphatic hydroxyl groups excluding tert-OH is 1. The molecule has 7 nitrogen and oxygen atoms in total. The number of amides is 1. The molecule has 7 heteroatoms. The highest BCUT2D eigenvalue weighted by Gasteiger charge is 2.58. The summed E-state index contributed by atoms with van der Waals surface area (Å²) >= 11 is 0. The van der Waals surface area contributed by atoms with E-state index in [9.17, 15) is 14.7 Å². The van der Waals surface area contributed by atoms with Gasteiger partial charge in [-0.3, -0.25) is 4.79 Å². The van der Waals surface area contributed by atoms with Crippen molar-refractivity contribution in [3.05, 3.63) is 0 Å². The molecule has 3 heterocycles. The number of esters is 1. The summed E-state index contributed by atoms with van der Waals surface area (Å²) < 4.78 is 15.4. The summed E-state index contributed by atoms with van der Waals surface area (Å²) in [6.45, 7) is 0.275. The lowest BCUT2D eigenvalue weighted by Crippen LogP contribution is -2.53. The first-order valence-corrected chi connectivity index (χ1v) is 5.49. The molecule has 2 bridgehead atoms. The number of hydrogen-bond acceptors (Lipinski definition) is 6. The molecular formula is C10H13NO6. The van der Waals surface area contributed by atoms with E-state index in [2.05, 4.69) is 4.74 Å². The van der Waals surface area contributed by atoms with E-state index in [-0.39, 0.29) is 18.5 Å². The number of ether oxygens (including phenoxy) is 3. The molecule has 1 N–H and O–H groups in total. The van der Waals surface area contributed by atoms with Gasteiger partial charge in [0.2, 0.25) is 0 Å². The molecule has 3 aliphatic rings. The largest absolute Gasteiger partial charge is 0.467 e. The van der Waals surface area contributed by atoms with Crippen LogP contribution in [0.5, 0.6) is 0 Å². The summed E-state index contributed by atoms with van der Waals surface area (Å²) in [6, 6.07) is -0.302. The SMILES string of the molecule is COC(=O)[C@@H]1O[C@@H]2O[C@H]1C(=O)N1C[C@H](O)C[C@H]21. The molecule has 0 aromatic rings. The van der Waals surface area contributed by atoms with Crippen LogP contribution >= 0.6 is 0 Å². The second-order valence-electron chi connectivity index (χ2n) is 4.45. The van der Waals surface area contributed by atoms with Gasteiger partial charge in [-0.2, -0.15) is 0 Å². The van der Waals surface area contributed by atoms with Crippen LogP contribution in [-0.4, -0.2) is 66.2 Å². The van der Waals surface area contributed by atoms with Gasteiger partial charge in [-0.15, -0.1) is 0 Å². The predicted octanol–water partition coefficient (Wildman–Crippen LogP) is -1.76. The molecule has 3 fully saturated rings. The maximum absolute atomic E-state index is 12.0. The van der Waals surface area contributed by atoms with Crippen LogP contribution in [-0.2, 0) is 23.8 Å². The average Bonchev–Trinajstić information content (AvgIpc) is 2.88. The maximum atomic E-state index is 12.0. The number of fused-ring (bicyclic) bond motifs is 4. The van der Waals surface area contributed by atoms with E-state index in [0.717, 1.165) is 0 Å². The van der Waals surface area contributed by atoms with Crippen molar-refractivity contribution in [1.29, 1.82) is 0 Å². The van der Waals surface area contributed by atoms with Crippen LogP contribution in [0.3, 0.4) is 0 Å². The van der Waals surface area contributed by atoms with E-state index in [1.165, 1.54) is 12.0 Å². The van der Waals surface area contributed by atoms with Gasteiger partial charge in [0, 0.05) is 13.0 Å². The molecule has 1 amide bonds. The number of carbonyl (C=O) groups is 2. The van der Waals surface area contributed by atoms with Gasteiger partial charge in [0.25, 0.3) is 5.91 Å². The molecule has 5 atom stereocenters. The van der Waals surface area contributed by atoms with Crippen molar-refractivity contribution in [3.8, 4) is 0 Å². The first-order chi connectivity index (χ1) is 8.11. The van der Waals surface area contributed by atoms with E-state index < -0.39 is 30.6 Å². The summed E-state index contributed by atoms with van der Waals surface area (Å²) in [6.07, 6.45) is -2.70. The molecule has 0 aromatic carbocycles. The molecule has 0 radical (unpaired) electrons. The first-order valence-electron chi connectivity index (χ1n) is 5.49. The summed E-state index contributed by atoms with van der Waals surface area (Å²) in [5.41, 5.74) is 0. The van der Waals surface area contributed by atoms with Crippen LogP contribution in [0.25, 0.3) is 0 Å². The number of rotatable bonds is 1. The number of carbonyl (C=O) groups excluding carboxylic acids is 2. The van der Waals surface area contributed by atoms with Crippen LogP contribution in [0, 0.1) is 0 Å². The summed E-state index contributed by atoms with van der Waals surface area (Å²) in [7, 11) is 1.24. The first kappa shape index (κ1) is 10.9. The minimum atomic E-state index is -0.986. The van der Waals surface area contributed by atoms with Gasteiger partial charge in [-0.05, 0) is 0 Å². The Kier molecular flexibility index (Phi) is 2.35. The third-order valence-corrected chi connectivity index (χ3v) is 3.43. The summed E-state index contributed by atoms with van der Waals surface area (Å²) in [5.74, 6) is -0.914. The van der Waals surface area contributed by atoms with Crippen LogP contribution in [0.1, 0.15) is 6.42 Å². The van der Waals surface area contributed by atoms with Gasteiger partial charge >= 0.3 is 5.97 Å². The summed E-state index contributed by atoms with van der Waals surface area (Å²) in [5, 5.41) is 9.53. The number of hydrogen-bond donors (Lipinski definition) is 1. The smallest absolute Gasteiger partial charge is 0.338 e. The topological polar surface area (TPSA) is 85.3 Å². The lowest BCUT2D eigenvalue weighted by Gasteiger charge is -2.32. The maximum Gasteiger partial charge on any atom is 0.338 e. The van der Waals surface area contributed by atoms with Gasteiger partial charge in [0.1, 0.15) is 0 Å². The zero-order chi connectivity index (χ0) is 12.2. The van der Waals surface area contributed by atoms with Crippen molar-refractivity contribution in [2.45, 2.75) is 37.1 Å². The quantitative estimate of drug-likeness (QED) is 0.549. The zero-order valence-corrected chi connectivity index (χ0v) is 9.24. The average molecular weight is 243 g/mol. The van der Waals surface area contributed by atoms with Crippen LogP contribution in [0.2, 0.25) is 0 Å². The molecular weight excluding hydrogens is 230 g/mol. The Balaban J connectivity index is 1.85. The van der Waals surface area contributed by atoms with Gasteiger partial charge < -0.3 is 24.2 Å². The number of nitrogens with zero attached hydrogens (tertiary/aromatic N) is 1. The van der Waals surface area contributed by atoms with Gasteiger partial charge in [-0.1, -0.05) is 0 Å². The van der Waals surface area contributed by atoms with Gasteiger partial charge in [0.15, 0.2) is 18.5 Å². The Morgan fingerprint density at radius 2 is 2.29 bits per heavy atom. The summed E-state index contributed by atoms with van der Waals surface area (Å²) in [4.78, 5) is 25.0. The molecule has 0 aromatic heterocycles. The molecule has 17 heavy (non-hydrogen) atoms. The van der Waals surface area contributed by atoms with E-state index >= 15 is 0 Å². The van der Waals surface area contributed by atoms with E-state index in [0.29, 0.717) is 6.42 Å². The minimum absolute atomic E-state index is 0.275. The Hall–Kier alpha value is -1.18. The number of morpholine rings is 1. The van der Waals surface area contributed by atoms with Crippen molar-refractivity contribution in [3.63, 3.8) is 0 Å². The molecule has 3 rings (SSSR count). The monoisotopic (exact) mass is 243 g/mol. The van der Waals surface area contributed by atoms with Crippen LogP contribution in [0.4, 0.5) is 0 Å². The number of methoxy groups -OCH3 is 1. The third-order valence-electron chi connectivity index (χ3n) is 3.43. The third kappa shape index (κ3) is 1.46. The molecule has 0 spiro atoms. The second-order valence-corrected chi connectivity index (χ2v) is 4.45. The van der Waals surface area contributed by atoms with Gasteiger partial charge in [0.05, 0.1) is 19.3 Å². The van der Waals surface area contributed by atoms with Crippen molar-refractivity contribution >= 4 is 11.9 Å². The van der Waals surface area contributed by atoms with E-state index in [1.807, 2.05) is 0 Å². The van der Waals surface area contributed by atoms with Crippen molar-refractivity contribution < 1.29 is 28.9 Å². The Labute approximate surface area is 97.2 Å². The fourth-order valence-electron chi connectivity index (χ4n) is 2.65. The molecule has 94 valence electrons. The molecule has 3 saturated heterocycles. The highest BCUT2D eigenvalue weighted by Crippen LogP contribution is 2.36. The van der Waals surface area contributed by atoms with Crippen molar-refractivity contribution in [1.82, 2.24) is 4.90 Å². The Morgan fingerprint density at radius 3 is 3.00 bits per heavy atom. The fourth-order valence-corrected chi connectivity index (χ4v) is 2.65. The highest BCUT2D eigenvalue weighted by molar-refractivity contribution is 5.90. The van der Waals surface area contributed by atoms with E-state index in [1.54, 1.807) is 0 Å². The minimum Gasteiger partial charge on any atom is -0.467 e. The molecule has 0 saturated carbocycles. The predicted molar refractivity (Wildman–Crippen MR) is 51.7 cm³/mol. The second kappa shape index (κ2) is 3.66. The molecule has 0 aliphatic carbocycles. The Morgan fingerprint density at radius 1 is 1.53 bits per heavy atom. The lowest BCUT2D eigenvalue weighted by molar-refractivity contribution is -0.171. The van der Waals surface area contributed by atoms with E-state index in [4.69, 9.17) is 9.47 Å². The lowest BCUT2D eigenvalue weighted by atomic mass is 10.1.